The van der Waals surface area contributed by atoms with Crippen LogP contribution in [0.2, 0.25) is 0 Å². The van der Waals surface area contributed by atoms with Gasteiger partial charge in [0.05, 0.1) is 0 Å². The van der Waals surface area contributed by atoms with Crippen LogP contribution in [0.5, 0.6) is 0 Å². The molecular weight excluding hydrogens is 232 g/mol. The molecule has 1 heterocycles. The van der Waals surface area contributed by atoms with E-state index >= 15 is 0 Å². The summed E-state index contributed by atoms with van der Waals surface area (Å²) in [4.78, 5) is 4.38. The average Bonchev–Trinajstić information content (AvgIpc) is 2.64. The molecule has 0 aliphatic heterocycles. The zero-order valence-electron chi connectivity index (χ0n) is 11.6. The maximum absolute atomic E-state index is 5.58. The van der Waals surface area contributed by atoms with Crippen LogP contribution in [-0.2, 0) is 11.3 Å². The molecule has 0 aliphatic carbocycles. The van der Waals surface area contributed by atoms with Crippen LogP contribution < -0.4 is 0 Å². The van der Waals surface area contributed by atoms with Crippen molar-refractivity contribution in [3.05, 3.63) is 18.2 Å². The predicted octanol–water partition coefficient (Wildman–Crippen LogP) is 3.51. The van der Waals surface area contributed by atoms with Gasteiger partial charge < -0.3 is 9.30 Å². The van der Waals surface area contributed by atoms with Crippen LogP contribution in [0.1, 0.15) is 46.5 Å². The minimum Gasteiger partial charge on any atom is -0.371 e. The van der Waals surface area contributed by atoms with Crippen LogP contribution in [0.15, 0.2) is 12.4 Å². The summed E-state index contributed by atoms with van der Waals surface area (Å²) in [6, 6.07) is 0. The molecule has 1 rings (SSSR count). The molecule has 0 unspecified atom stereocenters. The number of aromatic nitrogens is 2. The summed E-state index contributed by atoms with van der Waals surface area (Å²) >= 11 is 1.98. The SMILES string of the molecule is CCO[C@@H](C)c1nccn1CCSC(C)(C)C. The summed E-state index contributed by atoms with van der Waals surface area (Å²) < 4.78 is 8.10. The molecule has 0 spiro atoms. The number of ether oxygens (including phenoxy) is 1. The number of rotatable bonds is 6. The van der Waals surface area contributed by atoms with Crippen molar-refractivity contribution in [3.63, 3.8) is 0 Å². The van der Waals surface area contributed by atoms with Gasteiger partial charge in [-0.2, -0.15) is 11.8 Å². The molecular formula is C13H24N2OS. The van der Waals surface area contributed by atoms with E-state index in [1.165, 1.54) is 0 Å². The monoisotopic (exact) mass is 256 g/mol. The van der Waals surface area contributed by atoms with Gasteiger partial charge in [0.1, 0.15) is 11.9 Å². The lowest BCUT2D eigenvalue weighted by atomic mass is 10.3. The Morgan fingerprint density at radius 3 is 2.76 bits per heavy atom. The van der Waals surface area contributed by atoms with Gasteiger partial charge in [0.25, 0.3) is 0 Å². The van der Waals surface area contributed by atoms with E-state index in [1.54, 1.807) is 0 Å². The molecule has 0 N–H and O–H groups in total. The summed E-state index contributed by atoms with van der Waals surface area (Å²) in [5.41, 5.74) is 0. The molecule has 0 radical (unpaired) electrons. The van der Waals surface area contributed by atoms with E-state index in [-0.39, 0.29) is 6.10 Å². The minimum absolute atomic E-state index is 0.0784. The van der Waals surface area contributed by atoms with E-state index in [9.17, 15) is 0 Å². The van der Waals surface area contributed by atoms with Gasteiger partial charge in [0, 0.05) is 36.0 Å². The quantitative estimate of drug-likeness (QED) is 0.779. The summed E-state index contributed by atoms with van der Waals surface area (Å²) in [5.74, 6) is 2.13. The Morgan fingerprint density at radius 1 is 1.47 bits per heavy atom. The highest BCUT2D eigenvalue weighted by atomic mass is 32.2. The second kappa shape index (κ2) is 6.45. The van der Waals surface area contributed by atoms with Crippen molar-refractivity contribution in [2.45, 2.75) is 52.0 Å². The molecule has 0 aliphatic rings. The molecule has 0 bridgehead atoms. The predicted molar refractivity (Wildman–Crippen MR) is 74.5 cm³/mol. The van der Waals surface area contributed by atoms with Crippen molar-refractivity contribution < 1.29 is 4.74 Å². The van der Waals surface area contributed by atoms with Crippen LogP contribution >= 0.6 is 11.8 Å². The first-order valence-corrected chi connectivity index (χ1v) is 7.19. The first-order chi connectivity index (χ1) is 7.94. The highest BCUT2D eigenvalue weighted by Gasteiger charge is 2.13. The summed E-state index contributed by atoms with van der Waals surface area (Å²) in [6.07, 6.45) is 3.97. The maximum atomic E-state index is 5.58. The van der Waals surface area contributed by atoms with Crippen LogP contribution in [0.4, 0.5) is 0 Å². The van der Waals surface area contributed by atoms with Gasteiger partial charge in [-0.15, -0.1) is 0 Å². The molecule has 1 atom stereocenters. The molecule has 0 saturated carbocycles. The lowest BCUT2D eigenvalue weighted by Gasteiger charge is -2.19. The first kappa shape index (κ1) is 14.6. The van der Waals surface area contributed by atoms with Gasteiger partial charge in [-0.1, -0.05) is 20.8 Å². The Hall–Kier alpha value is -0.480. The molecule has 0 amide bonds. The van der Waals surface area contributed by atoms with Gasteiger partial charge in [0.2, 0.25) is 0 Å². The zero-order chi connectivity index (χ0) is 12.9. The second-order valence-corrected chi connectivity index (χ2v) is 6.96. The molecule has 0 aromatic carbocycles. The standard InChI is InChI=1S/C13H24N2OS/c1-6-16-11(2)12-14-7-8-15(12)9-10-17-13(3,4)5/h7-8,11H,6,9-10H2,1-5H3/t11-/m0/s1. The van der Waals surface area contributed by atoms with Crippen LogP contribution in [0, 0.1) is 0 Å². The molecule has 0 fully saturated rings. The molecule has 1 aromatic rings. The molecule has 1 aromatic heterocycles. The highest BCUT2D eigenvalue weighted by molar-refractivity contribution is 8.00. The third-order valence-electron chi connectivity index (χ3n) is 2.40. The van der Waals surface area contributed by atoms with E-state index in [1.807, 2.05) is 31.1 Å². The Morgan fingerprint density at radius 2 is 2.18 bits per heavy atom. The zero-order valence-corrected chi connectivity index (χ0v) is 12.4. The summed E-state index contributed by atoms with van der Waals surface area (Å²) in [6.45, 7) is 12.5. The Labute approximate surface area is 109 Å². The molecule has 3 nitrogen and oxygen atoms in total. The molecule has 0 saturated heterocycles. The van der Waals surface area contributed by atoms with E-state index in [0.29, 0.717) is 4.75 Å². The number of hydrogen-bond acceptors (Lipinski definition) is 3. The largest absolute Gasteiger partial charge is 0.371 e. The van der Waals surface area contributed by atoms with Gasteiger partial charge in [-0.25, -0.2) is 4.98 Å². The number of aryl methyl sites for hydroxylation is 1. The van der Waals surface area contributed by atoms with Crippen LogP contribution in [0.25, 0.3) is 0 Å². The Balaban J connectivity index is 2.51. The van der Waals surface area contributed by atoms with Crippen molar-refractivity contribution in [3.8, 4) is 0 Å². The lowest BCUT2D eigenvalue weighted by Crippen LogP contribution is -2.14. The van der Waals surface area contributed by atoms with Gasteiger partial charge in [0.15, 0.2) is 0 Å². The van der Waals surface area contributed by atoms with Gasteiger partial charge in [-0.05, 0) is 13.8 Å². The first-order valence-electron chi connectivity index (χ1n) is 6.20. The molecule has 4 heteroatoms. The topological polar surface area (TPSA) is 27.1 Å². The van der Waals surface area contributed by atoms with Crippen molar-refractivity contribution in [2.75, 3.05) is 12.4 Å². The lowest BCUT2D eigenvalue weighted by molar-refractivity contribution is 0.0676. The summed E-state index contributed by atoms with van der Waals surface area (Å²) in [5, 5.41) is 0. The van der Waals surface area contributed by atoms with Crippen molar-refractivity contribution in [1.82, 2.24) is 9.55 Å². The second-order valence-electron chi connectivity index (χ2n) is 5.04. The van der Waals surface area contributed by atoms with E-state index < -0.39 is 0 Å². The van der Waals surface area contributed by atoms with Crippen molar-refractivity contribution in [1.29, 1.82) is 0 Å². The third-order valence-corrected chi connectivity index (χ3v) is 3.65. The Bertz CT molecular complexity index is 330. The fourth-order valence-electron chi connectivity index (χ4n) is 1.64. The van der Waals surface area contributed by atoms with E-state index in [4.69, 9.17) is 4.74 Å². The Kier molecular flexibility index (Phi) is 5.53. The number of nitrogens with zero attached hydrogens (tertiary/aromatic N) is 2. The van der Waals surface area contributed by atoms with E-state index in [2.05, 4.69) is 37.2 Å². The molecule has 17 heavy (non-hydrogen) atoms. The maximum Gasteiger partial charge on any atom is 0.137 e. The van der Waals surface area contributed by atoms with Gasteiger partial charge >= 0.3 is 0 Å². The minimum atomic E-state index is 0.0784. The number of imidazole rings is 1. The van der Waals surface area contributed by atoms with Crippen LogP contribution in [-0.4, -0.2) is 26.7 Å². The number of hydrogen-bond donors (Lipinski definition) is 0. The van der Waals surface area contributed by atoms with E-state index in [0.717, 1.165) is 24.7 Å². The summed E-state index contributed by atoms with van der Waals surface area (Å²) in [7, 11) is 0. The molecule has 98 valence electrons. The van der Waals surface area contributed by atoms with Crippen molar-refractivity contribution >= 4 is 11.8 Å². The average molecular weight is 256 g/mol. The number of thioether (sulfide) groups is 1. The van der Waals surface area contributed by atoms with Crippen LogP contribution in [0.3, 0.4) is 0 Å². The third kappa shape index (κ3) is 5.13. The fourth-order valence-corrected chi connectivity index (χ4v) is 2.54. The van der Waals surface area contributed by atoms with Crippen molar-refractivity contribution in [2.24, 2.45) is 0 Å². The highest BCUT2D eigenvalue weighted by Crippen LogP contribution is 2.23. The van der Waals surface area contributed by atoms with Gasteiger partial charge in [-0.3, -0.25) is 0 Å². The normalized spacial score (nSPS) is 13.9. The smallest absolute Gasteiger partial charge is 0.137 e. The fraction of sp³-hybridized carbons (Fsp3) is 0.769.